The molecule has 148 valence electrons. The van der Waals surface area contributed by atoms with Gasteiger partial charge in [0.1, 0.15) is 11.6 Å². The number of rotatable bonds is 3. The molecule has 6 nitrogen and oxygen atoms in total. The van der Waals surface area contributed by atoms with Gasteiger partial charge in [0.15, 0.2) is 0 Å². The first-order valence-corrected chi connectivity index (χ1v) is 10.3. The number of aryl methyl sites for hydroxylation is 3. The average molecular weight is 380 g/mol. The van der Waals surface area contributed by atoms with E-state index in [1.165, 1.54) is 5.56 Å². The maximum atomic E-state index is 11.0. The average Bonchev–Trinajstić information content (AvgIpc) is 3.31. The molecular formula is C22H28N4O2. The molecule has 0 radical (unpaired) electrons. The van der Waals surface area contributed by atoms with Crippen LogP contribution in [0.15, 0.2) is 28.8 Å². The van der Waals surface area contributed by atoms with Gasteiger partial charge in [-0.15, -0.1) is 0 Å². The lowest BCUT2D eigenvalue weighted by Crippen LogP contribution is -2.36. The van der Waals surface area contributed by atoms with Gasteiger partial charge in [-0.05, 0) is 57.6 Å². The quantitative estimate of drug-likeness (QED) is 0.754. The highest BCUT2D eigenvalue weighted by atomic mass is 16.5. The van der Waals surface area contributed by atoms with Crippen LogP contribution in [-0.4, -0.2) is 43.9 Å². The van der Waals surface area contributed by atoms with Gasteiger partial charge in [-0.3, -0.25) is 4.90 Å². The lowest BCUT2D eigenvalue weighted by atomic mass is 9.77. The summed E-state index contributed by atoms with van der Waals surface area (Å²) in [6, 6.07) is 8.35. The van der Waals surface area contributed by atoms with E-state index in [0.717, 1.165) is 60.8 Å². The highest BCUT2D eigenvalue weighted by molar-refractivity contribution is 5.76. The molecule has 1 aliphatic heterocycles. The molecule has 0 amide bonds. The van der Waals surface area contributed by atoms with Crippen molar-refractivity contribution in [2.75, 3.05) is 13.1 Å². The van der Waals surface area contributed by atoms with Crippen LogP contribution in [0, 0.1) is 32.6 Å². The summed E-state index contributed by atoms with van der Waals surface area (Å²) < 4.78 is 7.61. The lowest BCUT2D eigenvalue weighted by Gasteiger charge is -2.36. The molecule has 1 saturated carbocycles. The molecule has 1 N–H and O–H groups in total. The molecule has 1 saturated heterocycles. The van der Waals surface area contributed by atoms with Gasteiger partial charge >= 0.3 is 0 Å². The number of para-hydroxylation sites is 2. The summed E-state index contributed by atoms with van der Waals surface area (Å²) in [4.78, 5) is 7.23. The molecule has 3 heterocycles. The highest BCUT2D eigenvalue weighted by Gasteiger charge is 2.43. The van der Waals surface area contributed by atoms with Gasteiger partial charge in [0, 0.05) is 25.2 Å². The third-order valence-electron chi connectivity index (χ3n) is 6.85. The Morgan fingerprint density at radius 1 is 1.11 bits per heavy atom. The SMILES string of the molecule is Cc1noc(C)c1CN1C[C@H]2C[C@H](O)[C@@H](n3c(C)nc4ccccc43)C[C@H]2C1. The van der Waals surface area contributed by atoms with E-state index >= 15 is 0 Å². The molecule has 28 heavy (non-hydrogen) atoms. The van der Waals surface area contributed by atoms with Gasteiger partial charge in [0.2, 0.25) is 0 Å². The summed E-state index contributed by atoms with van der Waals surface area (Å²) >= 11 is 0. The maximum Gasteiger partial charge on any atom is 0.138 e. The van der Waals surface area contributed by atoms with Crippen molar-refractivity contribution in [2.24, 2.45) is 11.8 Å². The monoisotopic (exact) mass is 380 g/mol. The molecule has 6 heteroatoms. The number of nitrogens with zero attached hydrogens (tertiary/aromatic N) is 4. The summed E-state index contributed by atoms with van der Waals surface area (Å²) in [6.45, 7) is 9.07. The Balaban J connectivity index is 1.37. The molecule has 0 bridgehead atoms. The standard InChI is InChI=1S/C22H28N4O2/c1-13-18(14(2)28-24-13)12-25-10-16-8-21(22(27)9-17(16)11-25)26-15(3)23-19-6-4-5-7-20(19)26/h4-7,16-17,21-22,27H,8-12H2,1-3H3/t16-,17+,21-,22-/m0/s1. The predicted octanol–water partition coefficient (Wildman–Crippen LogP) is 3.39. The fourth-order valence-corrected chi connectivity index (χ4v) is 5.45. The molecule has 2 aromatic heterocycles. The molecule has 2 fully saturated rings. The zero-order chi connectivity index (χ0) is 19.4. The minimum Gasteiger partial charge on any atom is -0.391 e. The second-order valence-electron chi connectivity index (χ2n) is 8.64. The lowest BCUT2D eigenvalue weighted by molar-refractivity contribution is 0.0366. The van der Waals surface area contributed by atoms with Gasteiger partial charge in [0.25, 0.3) is 0 Å². The number of hydrogen-bond acceptors (Lipinski definition) is 5. The molecule has 1 aromatic carbocycles. The van der Waals surface area contributed by atoms with Crippen LogP contribution in [-0.2, 0) is 6.54 Å². The number of aromatic nitrogens is 3. The number of likely N-dealkylation sites (tertiary alicyclic amines) is 1. The highest BCUT2D eigenvalue weighted by Crippen LogP contribution is 2.43. The van der Waals surface area contributed by atoms with Crippen LogP contribution in [0.5, 0.6) is 0 Å². The smallest absolute Gasteiger partial charge is 0.138 e. The number of hydrogen-bond donors (Lipinski definition) is 1. The molecule has 0 spiro atoms. The van der Waals surface area contributed by atoms with E-state index in [1.54, 1.807) is 0 Å². The van der Waals surface area contributed by atoms with Crippen LogP contribution < -0.4 is 0 Å². The van der Waals surface area contributed by atoms with Crippen LogP contribution in [0.25, 0.3) is 11.0 Å². The summed E-state index contributed by atoms with van der Waals surface area (Å²) in [7, 11) is 0. The first kappa shape index (κ1) is 17.9. The molecular weight excluding hydrogens is 352 g/mol. The zero-order valence-electron chi connectivity index (χ0n) is 16.8. The van der Waals surface area contributed by atoms with Crippen molar-refractivity contribution < 1.29 is 9.63 Å². The first-order valence-electron chi connectivity index (χ1n) is 10.3. The molecule has 3 aromatic rings. The Bertz CT molecular complexity index is 988. The Hall–Kier alpha value is -2.18. The number of imidazole rings is 1. The predicted molar refractivity (Wildman–Crippen MR) is 107 cm³/mol. The van der Waals surface area contributed by atoms with Crippen LogP contribution >= 0.6 is 0 Å². The molecule has 2 aliphatic rings. The Morgan fingerprint density at radius 3 is 2.61 bits per heavy atom. The number of aliphatic hydroxyl groups excluding tert-OH is 1. The van der Waals surface area contributed by atoms with Gasteiger partial charge in [-0.1, -0.05) is 17.3 Å². The third-order valence-corrected chi connectivity index (χ3v) is 6.85. The summed E-state index contributed by atoms with van der Waals surface area (Å²) in [6.07, 6.45) is 1.54. The Kier molecular flexibility index (Phi) is 4.29. The van der Waals surface area contributed by atoms with Crippen molar-refractivity contribution in [3.63, 3.8) is 0 Å². The number of aliphatic hydroxyl groups is 1. The molecule has 5 rings (SSSR count). The van der Waals surface area contributed by atoms with Crippen molar-refractivity contribution in [3.8, 4) is 0 Å². The molecule has 0 unspecified atom stereocenters. The molecule has 4 atom stereocenters. The van der Waals surface area contributed by atoms with Gasteiger partial charge in [-0.25, -0.2) is 4.98 Å². The summed E-state index contributed by atoms with van der Waals surface area (Å²) in [5.41, 5.74) is 4.35. The Morgan fingerprint density at radius 2 is 1.86 bits per heavy atom. The van der Waals surface area contributed by atoms with Crippen LogP contribution in [0.2, 0.25) is 0 Å². The second kappa shape index (κ2) is 6.71. The minimum atomic E-state index is -0.323. The van der Waals surface area contributed by atoms with Gasteiger partial charge < -0.3 is 14.2 Å². The van der Waals surface area contributed by atoms with Crippen molar-refractivity contribution in [3.05, 3.63) is 47.1 Å². The van der Waals surface area contributed by atoms with Crippen molar-refractivity contribution in [1.29, 1.82) is 0 Å². The van der Waals surface area contributed by atoms with Gasteiger partial charge in [0.05, 0.1) is 28.9 Å². The van der Waals surface area contributed by atoms with Crippen LogP contribution in [0.4, 0.5) is 0 Å². The number of fused-ring (bicyclic) bond motifs is 2. The Labute approximate surface area is 165 Å². The van der Waals surface area contributed by atoms with E-state index in [4.69, 9.17) is 9.51 Å². The zero-order valence-corrected chi connectivity index (χ0v) is 16.8. The number of benzene rings is 1. The van der Waals surface area contributed by atoms with Crippen molar-refractivity contribution in [1.82, 2.24) is 19.6 Å². The van der Waals surface area contributed by atoms with E-state index in [0.29, 0.717) is 11.8 Å². The van der Waals surface area contributed by atoms with E-state index < -0.39 is 0 Å². The fourth-order valence-electron chi connectivity index (χ4n) is 5.45. The fraction of sp³-hybridized carbons (Fsp3) is 0.545. The van der Waals surface area contributed by atoms with E-state index in [2.05, 4.69) is 39.7 Å². The van der Waals surface area contributed by atoms with Crippen LogP contribution in [0.1, 0.15) is 41.7 Å². The minimum absolute atomic E-state index is 0.104. The van der Waals surface area contributed by atoms with E-state index in [9.17, 15) is 5.11 Å². The van der Waals surface area contributed by atoms with Gasteiger partial charge in [-0.2, -0.15) is 0 Å². The molecule has 1 aliphatic carbocycles. The second-order valence-corrected chi connectivity index (χ2v) is 8.64. The van der Waals surface area contributed by atoms with E-state index in [-0.39, 0.29) is 12.1 Å². The maximum absolute atomic E-state index is 11.0. The van der Waals surface area contributed by atoms with E-state index in [1.807, 2.05) is 19.9 Å². The van der Waals surface area contributed by atoms with Crippen LogP contribution in [0.3, 0.4) is 0 Å². The van der Waals surface area contributed by atoms with Crippen molar-refractivity contribution in [2.45, 2.75) is 52.3 Å². The topological polar surface area (TPSA) is 67.3 Å². The largest absolute Gasteiger partial charge is 0.391 e. The first-order chi connectivity index (χ1) is 13.5. The third kappa shape index (κ3) is 2.86. The normalized spacial score (nSPS) is 28.1. The summed E-state index contributed by atoms with van der Waals surface area (Å²) in [5, 5.41) is 15.1. The summed E-state index contributed by atoms with van der Waals surface area (Å²) in [5.74, 6) is 3.08. The van der Waals surface area contributed by atoms with Crippen molar-refractivity contribution >= 4 is 11.0 Å².